The van der Waals surface area contributed by atoms with Crippen LogP contribution >= 0.6 is 0 Å². The third-order valence-corrected chi connectivity index (χ3v) is 3.59. The average molecular weight is 279 g/mol. The summed E-state index contributed by atoms with van der Waals surface area (Å²) in [5.41, 5.74) is 1.88. The van der Waals surface area contributed by atoms with Crippen molar-refractivity contribution in [2.45, 2.75) is 18.8 Å². The molecule has 0 bridgehead atoms. The van der Waals surface area contributed by atoms with Gasteiger partial charge in [-0.3, -0.25) is 9.89 Å². The molecule has 0 radical (unpaired) electrons. The zero-order valence-electron chi connectivity index (χ0n) is 11.2. The fourth-order valence-corrected chi connectivity index (χ4v) is 2.37. The molecule has 0 unspecified atom stereocenters. The number of hydrogen-bond donors (Lipinski definition) is 2. The van der Waals surface area contributed by atoms with Gasteiger partial charge in [0.15, 0.2) is 17.9 Å². The molecule has 4 rings (SSSR count). The number of para-hydroxylation sites is 1. The van der Waals surface area contributed by atoms with Crippen LogP contribution in [0.2, 0.25) is 0 Å². The zero-order valence-corrected chi connectivity index (χ0v) is 11.2. The van der Waals surface area contributed by atoms with Crippen molar-refractivity contribution < 1.29 is 4.79 Å². The Hall–Kier alpha value is -2.76. The van der Waals surface area contributed by atoms with Gasteiger partial charge in [0.2, 0.25) is 0 Å². The van der Waals surface area contributed by atoms with E-state index in [2.05, 4.69) is 25.5 Å². The molecule has 2 N–H and O–H groups in total. The average Bonchev–Trinajstić information content (AvgIpc) is 3.27. The molecule has 0 atom stereocenters. The fraction of sp³-hybridized carbons (Fsp3) is 0.200. The third-order valence-electron chi connectivity index (χ3n) is 3.59. The molecule has 0 aliphatic heterocycles. The number of H-pyrrole nitrogens is 1. The Bertz CT molecular complexity index is 822. The summed E-state index contributed by atoms with van der Waals surface area (Å²) >= 11 is 0. The molecule has 1 aliphatic carbocycles. The lowest BCUT2D eigenvalue weighted by molar-refractivity contribution is 0.111. The Labute approximate surface area is 120 Å². The molecule has 6 heteroatoms. The SMILES string of the molecule is O=Cc1nc(Nc2cc(C3CC3)[nH]n2)c2ccccc2n1. The van der Waals surface area contributed by atoms with Crippen LogP contribution in [0.25, 0.3) is 10.9 Å². The van der Waals surface area contributed by atoms with Crippen molar-refractivity contribution in [3.63, 3.8) is 0 Å². The van der Waals surface area contributed by atoms with Crippen molar-refractivity contribution >= 4 is 28.8 Å². The Morgan fingerprint density at radius 2 is 2.10 bits per heavy atom. The Balaban J connectivity index is 1.75. The summed E-state index contributed by atoms with van der Waals surface area (Å²) in [6.07, 6.45) is 3.08. The van der Waals surface area contributed by atoms with E-state index >= 15 is 0 Å². The number of fused-ring (bicyclic) bond motifs is 1. The number of carbonyl (C=O) groups excluding carboxylic acids is 1. The maximum Gasteiger partial charge on any atom is 0.195 e. The lowest BCUT2D eigenvalue weighted by atomic mass is 10.2. The minimum Gasteiger partial charge on any atom is -0.323 e. The number of benzene rings is 1. The zero-order chi connectivity index (χ0) is 14.2. The van der Waals surface area contributed by atoms with Crippen LogP contribution in [0.1, 0.15) is 35.1 Å². The summed E-state index contributed by atoms with van der Waals surface area (Å²) in [6, 6.07) is 9.57. The molecule has 21 heavy (non-hydrogen) atoms. The molecular formula is C15H13N5O. The van der Waals surface area contributed by atoms with Gasteiger partial charge < -0.3 is 5.32 Å². The summed E-state index contributed by atoms with van der Waals surface area (Å²) in [5.74, 6) is 2.07. The highest BCUT2D eigenvalue weighted by Gasteiger charge is 2.25. The van der Waals surface area contributed by atoms with Gasteiger partial charge in [0.25, 0.3) is 0 Å². The molecule has 3 aromatic rings. The van der Waals surface area contributed by atoms with Crippen molar-refractivity contribution in [3.05, 3.63) is 41.9 Å². The lowest BCUT2D eigenvalue weighted by Crippen LogP contribution is -2.01. The second kappa shape index (κ2) is 4.66. The summed E-state index contributed by atoms with van der Waals surface area (Å²) in [6.45, 7) is 0. The minimum atomic E-state index is 0.161. The Morgan fingerprint density at radius 1 is 1.24 bits per heavy atom. The molecule has 1 saturated carbocycles. The van der Waals surface area contributed by atoms with Crippen LogP contribution in [0, 0.1) is 0 Å². The number of anilines is 2. The normalized spacial score (nSPS) is 14.3. The molecule has 0 amide bonds. The van der Waals surface area contributed by atoms with Crippen LogP contribution in [0.4, 0.5) is 11.6 Å². The van der Waals surface area contributed by atoms with Crippen molar-refractivity contribution in [1.29, 1.82) is 0 Å². The standard InChI is InChI=1S/C15H13N5O/c21-8-14-16-11-4-2-1-3-10(11)15(18-14)17-13-7-12(19-20-13)9-5-6-9/h1-4,7-9H,5-6H2,(H2,16,17,18,19,20). The first-order chi connectivity index (χ1) is 10.3. The van der Waals surface area contributed by atoms with Gasteiger partial charge in [0.1, 0.15) is 5.82 Å². The van der Waals surface area contributed by atoms with E-state index in [9.17, 15) is 4.79 Å². The van der Waals surface area contributed by atoms with Gasteiger partial charge in [-0.1, -0.05) is 12.1 Å². The summed E-state index contributed by atoms with van der Waals surface area (Å²) in [7, 11) is 0. The van der Waals surface area contributed by atoms with Gasteiger partial charge in [0.05, 0.1) is 5.52 Å². The lowest BCUT2D eigenvalue weighted by Gasteiger charge is -2.06. The smallest absolute Gasteiger partial charge is 0.195 e. The summed E-state index contributed by atoms with van der Waals surface area (Å²) in [4.78, 5) is 19.4. The highest BCUT2D eigenvalue weighted by atomic mass is 16.1. The van der Waals surface area contributed by atoms with Crippen LogP contribution in [-0.2, 0) is 0 Å². The van der Waals surface area contributed by atoms with Gasteiger partial charge in [-0.2, -0.15) is 5.10 Å². The van der Waals surface area contributed by atoms with Crippen LogP contribution < -0.4 is 5.32 Å². The van der Waals surface area contributed by atoms with E-state index in [1.54, 1.807) is 0 Å². The highest BCUT2D eigenvalue weighted by Crippen LogP contribution is 2.39. The molecule has 2 heterocycles. The van der Waals surface area contributed by atoms with Gasteiger partial charge in [0, 0.05) is 23.1 Å². The van der Waals surface area contributed by atoms with Crippen LogP contribution in [0.15, 0.2) is 30.3 Å². The van der Waals surface area contributed by atoms with Crippen molar-refractivity contribution in [1.82, 2.24) is 20.2 Å². The second-order valence-corrected chi connectivity index (χ2v) is 5.17. The van der Waals surface area contributed by atoms with E-state index in [1.807, 2.05) is 30.3 Å². The number of hydrogen-bond acceptors (Lipinski definition) is 5. The number of aldehydes is 1. The molecule has 2 aromatic heterocycles. The topological polar surface area (TPSA) is 83.6 Å². The predicted octanol–water partition coefficient (Wildman–Crippen LogP) is 2.79. The molecule has 1 aromatic carbocycles. The van der Waals surface area contributed by atoms with Gasteiger partial charge in [-0.25, -0.2) is 9.97 Å². The Morgan fingerprint density at radius 3 is 2.90 bits per heavy atom. The predicted molar refractivity (Wildman–Crippen MR) is 78.8 cm³/mol. The molecule has 1 aliphatic rings. The van der Waals surface area contributed by atoms with E-state index in [0.29, 0.717) is 23.8 Å². The quantitative estimate of drug-likeness (QED) is 0.717. The molecule has 0 spiro atoms. The highest BCUT2D eigenvalue weighted by molar-refractivity contribution is 5.92. The van der Waals surface area contributed by atoms with Crippen LogP contribution in [0.5, 0.6) is 0 Å². The third kappa shape index (κ3) is 2.24. The van der Waals surface area contributed by atoms with E-state index < -0.39 is 0 Å². The van der Waals surface area contributed by atoms with Gasteiger partial charge >= 0.3 is 0 Å². The number of rotatable bonds is 4. The van der Waals surface area contributed by atoms with Gasteiger partial charge in [-0.05, 0) is 25.0 Å². The first-order valence-electron chi connectivity index (χ1n) is 6.88. The monoisotopic (exact) mass is 279 g/mol. The van der Waals surface area contributed by atoms with E-state index in [-0.39, 0.29) is 5.82 Å². The van der Waals surface area contributed by atoms with Crippen LogP contribution in [-0.4, -0.2) is 26.5 Å². The maximum absolute atomic E-state index is 11.0. The molecular weight excluding hydrogens is 266 g/mol. The van der Waals surface area contributed by atoms with E-state index in [0.717, 1.165) is 16.6 Å². The minimum absolute atomic E-state index is 0.161. The fourth-order valence-electron chi connectivity index (χ4n) is 2.37. The number of carbonyl (C=O) groups is 1. The van der Waals surface area contributed by atoms with E-state index in [1.165, 1.54) is 12.8 Å². The van der Waals surface area contributed by atoms with Crippen molar-refractivity contribution in [2.75, 3.05) is 5.32 Å². The van der Waals surface area contributed by atoms with Gasteiger partial charge in [-0.15, -0.1) is 0 Å². The molecule has 0 saturated heterocycles. The number of nitrogens with zero attached hydrogens (tertiary/aromatic N) is 3. The molecule has 1 fully saturated rings. The van der Waals surface area contributed by atoms with Crippen molar-refractivity contribution in [3.8, 4) is 0 Å². The largest absolute Gasteiger partial charge is 0.323 e. The van der Waals surface area contributed by atoms with E-state index in [4.69, 9.17) is 0 Å². The summed E-state index contributed by atoms with van der Waals surface area (Å²) < 4.78 is 0. The second-order valence-electron chi connectivity index (χ2n) is 5.17. The Kier molecular flexibility index (Phi) is 2.67. The number of aromatic amines is 1. The molecule has 6 nitrogen and oxygen atoms in total. The number of nitrogens with one attached hydrogen (secondary N) is 2. The number of aromatic nitrogens is 4. The van der Waals surface area contributed by atoms with Crippen LogP contribution in [0.3, 0.4) is 0 Å². The maximum atomic E-state index is 11.0. The van der Waals surface area contributed by atoms with Crippen molar-refractivity contribution in [2.24, 2.45) is 0 Å². The molecule has 104 valence electrons. The first-order valence-corrected chi connectivity index (χ1v) is 6.88. The first kappa shape index (κ1) is 12.0. The summed E-state index contributed by atoms with van der Waals surface area (Å²) in [5, 5.41) is 11.3.